The van der Waals surface area contributed by atoms with Crippen molar-refractivity contribution >= 4 is 22.9 Å². The number of aromatic amines is 1. The summed E-state index contributed by atoms with van der Waals surface area (Å²) >= 11 is 7.70. The molecule has 1 aliphatic rings. The maximum atomic E-state index is 12.9. The zero-order valence-electron chi connectivity index (χ0n) is 17.1. The average Bonchev–Trinajstić information content (AvgIpc) is 3.15. The van der Waals surface area contributed by atoms with E-state index in [9.17, 15) is 4.79 Å². The summed E-state index contributed by atoms with van der Waals surface area (Å²) in [6, 6.07) is 17.6. The van der Waals surface area contributed by atoms with Crippen molar-refractivity contribution < 1.29 is 0 Å². The van der Waals surface area contributed by atoms with Gasteiger partial charge in [-0.05, 0) is 31.2 Å². The SMILES string of the molecule is Cc1nc(-c2ccccc2)c(CN2CCc3nc(-c4ccc(Cl)cc4)[nH]c(=O)c3C2)s1. The highest BCUT2D eigenvalue weighted by atomic mass is 35.5. The van der Waals surface area contributed by atoms with Crippen molar-refractivity contribution in [3.8, 4) is 22.6 Å². The lowest BCUT2D eigenvalue weighted by Crippen LogP contribution is -2.35. The zero-order valence-corrected chi connectivity index (χ0v) is 18.6. The molecule has 7 heteroatoms. The van der Waals surface area contributed by atoms with Crippen molar-refractivity contribution in [3.63, 3.8) is 0 Å². The van der Waals surface area contributed by atoms with Crippen LogP contribution in [0, 0.1) is 6.92 Å². The van der Waals surface area contributed by atoms with E-state index in [2.05, 4.69) is 22.0 Å². The second-order valence-electron chi connectivity index (χ2n) is 7.68. The van der Waals surface area contributed by atoms with E-state index < -0.39 is 0 Å². The first-order valence-electron chi connectivity index (χ1n) is 10.2. The molecule has 0 fully saturated rings. The third-order valence-electron chi connectivity index (χ3n) is 5.48. The standard InChI is InChI=1S/C24H21ClN4OS/c1-15-26-22(16-5-3-2-4-6-16)21(31-15)14-29-12-11-20-19(13-29)24(30)28-23(27-20)17-7-9-18(25)10-8-17/h2-10H,11-14H2,1H3,(H,27,28,30). The first-order valence-corrected chi connectivity index (χ1v) is 11.4. The summed E-state index contributed by atoms with van der Waals surface area (Å²) in [7, 11) is 0. The van der Waals surface area contributed by atoms with Gasteiger partial charge in [0, 0.05) is 47.1 Å². The molecule has 5 rings (SSSR count). The minimum absolute atomic E-state index is 0.0663. The molecule has 5 nitrogen and oxygen atoms in total. The molecule has 0 radical (unpaired) electrons. The highest BCUT2D eigenvalue weighted by Gasteiger charge is 2.23. The van der Waals surface area contributed by atoms with E-state index in [1.54, 1.807) is 23.5 Å². The van der Waals surface area contributed by atoms with Crippen LogP contribution in [0.25, 0.3) is 22.6 Å². The van der Waals surface area contributed by atoms with Gasteiger partial charge >= 0.3 is 0 Å². The number of nitrogens with one attached hydrogen (secondary N) is 1. The topological polar surface area (TPSA) is 61.9 Å². The number of aryl methyl sites for hydroxylation is 1. The van der Waals surface area contributed by atoms with E-state index in [-0.39, 0.29) is 5.56 Å². The quantitative estimate of drug-likeness (QED) is 0.473. The number of fused-ring (bicyclic) bond motifs is 1. The van der Waals surface area contributed by atoms with Gasteiger partial charge in [-0.1, -0.05) is 41.9 Å². The highest BCUT2D eigenvalue weighted by molar-refractivity contribution is 7.12. The van der Waals surface area contributed by atoms with Crippen LogP contribution in [-0.4, -0.2) is 26.4 Å². The molecule has 1 N–H and O–H groups in total. The Balaban J connectivity index is 1.40. The maximum Gasteiger partial charge on any atom is 0.255 e. The van der Waals surface area contributed by atoms with Crippen molar-refractivity contribution in [1.29, 1.82) is 0 Å². The number of benzene rings is 2. The first-order chi connectivity index (χ1) is 15.1. The smallest absolute Gasteiger partial charge is 0.255 e. The summed E-state index contributed by atoms with van der Waals surface area (Å²) in [5.41, 5.74) is 4.60. The van der Waals surface area contributed by atoms with Gasteiger partial charge in [0.1, 0.15) is 5.82 Å². The molecule has 0 spiro atoms. The number of nitrogens with zero attached hydrogens (tertiary/aromatic N) is 3. The molecule has 0 unspecified atom stereocenters. The molecule has 0 atom stereocenters. The fourth-order valence-electron chi connectivity index (χ4n) is 3.96. The van der Waals surface area contributed by atoms with Crippen LogP contribution in [-0.2, 0) is 19.5 Å². The van der Waals surface area contributed by atoms with E-state index in [1.165, 1.54) is 4.88 Å². The lowest BCUT2D eigenvalue weighted by molar-refractivity contribution is 0.244. The van der Waals surface area contributed by atoms with Gasteiger partial charge in [-0.2, -0.15) is 0 Å². The van der Waals surface area contributed by atoms with Crippen LogP contribution in [0.1, 0.15) is 21.1 Å². The van der Waals surface area contributed by atoms with Crippen molar-refractivity contribution in [2.24, 2.45) is 0 Å². The Morgan fingerprint density at radius 2 is 1.84 bits per heavy atom. The lowest BCUT2D eigenvalue weighted by atomic mass is 10.1. The van der Waals surface area contributed by atoms with Gasteiger partial charge in [-0.3, -0.25) is 9.69 Å². The minimum Gasteiger partial charge on any atom is -0.306 e. The van der Waals surface area contributed by atoms with Crippen molar-refractivity contribution in [2.45, 2.75) is 26.4 Å². The Morgan fingerprint density at radius 1 is 1.06 bits per heavy atom. The second-order valence-corrected chi connectivity index (χ2v) is 9.40. The summed E-state index contributed by atoms with van der Waals surface area (Å²) in [5, 5.41) is 1.71. The molecule has 3 heterocycles. The van der Waals surface area contributed by atoms with Gasteiger partial charge in [-0.15, -0.1) is 11.3 Å². The highest BCUT2D eigenvalue weighted by Crippen LogP contribution is 2.30. The number of H-pyrrole nitrogens is 1. The molecular weight excluding hydrogens is 428 g/mol. The molecule has 31 heavy (non-hydrogen) atoms. The van der Waals surface area contributed by atoms with Crippen LogP contribution >= 0.6 is 22.9 Å². The molecular formula is C24H21ClN4OS. The van der Waals surface area contributed by atoms with Gasteiger partial charge < -0.3 is 4.98 Å². The number of hydrogen-bond donors (Lipinski definition) is 1. The van der Waals surface area contributed by atoms with Gasteiger partial charge in [0.2, 0.25) is 0 Å². The molecule has 2 aromatic carbocycles. The summed E-state index contributed by atoms with van der Waals surface area (Å²) in [6.07, 6.45) is 0.748. The number of hydrogen-bond acceptors (Lipinski definition) is 5. The van der Waals surface area contributed by atoms with E-state index in [0.717, 1.165) is 52.6 Å². The predicted molar refractivity (Wildman–Crippen MR) is 125 cm³/mol. The third-order valence-corrected chi connectivity index (χ3v) is 6.69. The Bertz CT molecular complexity index is 1280. The maximum absolute atomic E-state index is 12.9. The summed E-state index contributed by atoms with van der Waals surface area (Å²) < 4.78 is 0. The molecule has 0 saturated carbocycles. The van der Waals surface area contributed by atoms with Crippen LogP contribution in [0.3, 0.4) is 0 Å². The van der Waals surface area contributed by atoms with E-state index in [4.69, 9.17) is 21.6 Å². The lowest BCUT2D eigenvalue weighted by Gasteiger charge is -2.27. The fourth-order valence-corrected chi connectivity index (χ4v) is 5.09. The Kier molecular flexibility index (Phi) is 5.44. The normalized spacial score (nSPS) is 13.9. The van der Waals surface area contributed by atoms with Crippen molar-refractivity contribution in [2.75, 3.05) is 6.54 Å². The largest absolute Gasteiger partial charge is 0.306 e. The number of thiazole rings is 1. The molecule has 0 bridgehead atoms. The molecule has 0 amide bonds. The first kappa shape index (κ1) is 20.1. The van der Waals surface area contributed by atoms with Crippen LogP contribution in [0.15, 0.2) is 59.4 Å². The van der Waals surface area contributed by atoms with Crippen LogP contribution in [0.2, 0.25) is 5.02 Å². The summed E-state index contributed by atoms with van der Waals surface area (Å²) in [6.45, 7) is 4.25. The minimum atomic E-state index is -0.0663. The Hall–Kier alpha value is -2.80. The predicted octanol–water partition coefficient (Wildman–Crippen LogP) is 5.08. The third kappa shape index (κ3) is 4.19. The van der Waals surface area contributed by atoms with Gasteiger partial charge in [0.15, 0.2) is 0 Å². The van der Waals surface area contributed by atoms with Gasteiger partial charge in [0.05, 0.1) is 22.0 Å². The molecule has 1 aliphatic heterocycles. The fraction of sp³-hybridized carbons (Fsp3) is 0.208. The molecule has 156 valence electrons. The molecule has 2 aromatic heterocycles. The zero-order chi connectivity index (χ0) is 21.4. The van der Waals surface area contributed by atoms with E-state index in [0.29, 0.717) is 17.4 Å². The Morgan fingerprint density at radius 3 is 2.61 bits per heavy atom. The summed E-state index contributed by atoms with van der Waals surface area (Å²) in [4.78, 5) is 28.9. The molecule has 0 saturated heterocycles. The summed E-state index contributed by atoms with van der Waals surface area (Å²) in [5.74, 6) is 0.596. The van der Waals surface area contributed by atoms with Crippen LogP contribution in [0.5, 0.6) is 0 Å². The number of halogens is 1. The second kappa shape index (κ2) is 8.38. The molecule has 4 aromatic rings. The van der Waals surface area contributed by atoms with E-state index in [1.807, 2.05) is 37.3 Å². The van der Waals surface area contributed by atoms with E-state index >= 15 is 0 Å². The van der Waals surface area contributed by atoms with Crippen molar-refractivity contribution in [3.05, 3.63) is 91.1 Å². The van der Waals surface area contributed by atoms with Crippen molar-refractivity contribution in [1.82, 2.24) is 19.9 Å². The molecule has 0 aliphatic carbocycles. The van der Waals surface area contributed by atoms with Crippen LogP contribution < -0.4 is 5.56 Å². The number of aromatic nitrogens is 3. The van der Waals surface area contributed by atoms with Crippen LogP contribution in [0.4, 0.5) is 0 Å². The van der Waals surface area contributed by atoms with Gasteiger partial charge in [-0.25, -0.2) is 9.97 Å². The monoisotopic (exact) mass is 448 g/mol. The average molecular weight is 449 g/mol. The Labute approximate surface area is 189 Å². The number of rotatable bonds is 4. The van der Waals surface area contributed by atoms with Gasteiger partial charge in [0.25, 0.3) is 5.56 Å².